The molecule has 0 fully saturated rings. The van der Waals surface area contributed by atoms with Crippen LogP contribution in [0.1, 0.15) is 42.0 Å². The predicted molar refractivity (Wildman–Crippen MR) is 80.2 cm³/mol. The molecule has 2 aromatic heterocycles. The quantitative estimate of drug-likeness (QED) is 0.870. The number of aromatic nitrogens is 2. The number of aryl methyl sites for hydroxylation is 1. The van der Waals surface area contributed by atoms with Gasteiger partial charge in [-0.15, -0.1) is 0 Å². The molecule has 0 bridgehead atoms. The number of nitrogens with zero attached hydrogens (tertiary/aromatic N) is 3. The van der Waals surface area contributed by atoms with Crippen molar-refractivity contribution in [3.05, 3.63) is 41.9 Å². The third-order valence-corrected chi connectivity index (χ3v) is 3.81. The van der Waals surface area contributed by atoms with Crippen LogP contribution in [0.15, 0.2) is 29.3 Å². The topological polar surface area (TPSA) is 60.5 Å². The highest BCUT2D eigenvalue weighted by molar-refractivity contribution is 5.93. The molecule has 3 rings (SSSR count). The van der Waals surface area contributed by atoms with Crippen LogP contribution in [0.2, 0.25) is 0 Å². The van der Waals surface area contributed by atoms with Gasteiger partial charge in [0.05, 0.1) is 48.8 Å². The van der Waals surface area contributed by atoms with Crippen molar-refractivity contribution in [2.75, 3.05) is 6.54 Å². The number of ether oxygens (including phenoxy) is 1. The van der Waals surface area contributed by atoms with Gasteiger partial charge in [0.15, 0.2) is 0 Å². The molecule has 118 valence electrons. The van der Waals surface area contributed by atoms with Crippen molar-refractivity contribution in [1.82, 2.24) is 14.5 Å². The van der Waals surface area contributed by atoms with Crippen molar-refractivity contribution in [2.45, 2.75) is 46.1 Å². The van der Waals surface area contributed by atoms with E-state index in [-0.39, 0.29) is 12.0 Å². The maximum absolute atomic E-state index is 12.5. The van der Waals surface area contributed by atoms with Crippen LogP contribution in [0, 0.1) is 0 Å². The molecule has 0 N–H and O–H groups in total. The van der Waals surface area contributed by atoms with Gasteiger partial charge in [-0.3, -0.25) is 4.79 Å². The average Bonchev–Trinajstić information content (AvgIpc) is 3.10. The fraction of sp³-hybridized carbons (Fsp3) is 0.500. The number of carbonyl (C=O) groups excluding carboxylic acids is 1. The number of rotatable bonds is 4. The molecule has 0 saturated heterocycles. The molecule has 3 heterocycles. The van der Waals surface area contributed by atoms with Crippen LogP contribution in [0.25, 0.3) is 0 Å². The monoisotopic (exact) mass is 303 g/mol. The third kappa shape index (κ3) is 3.06. The number of amides is 1. The second-order valence-electron chi connectivity index (χ2n) is 5.78. The summed E-state index contributed by atoms with van der Waals surface area (Å²) in [7, 11) is 0. The molecule has 0 spiro atoms. The van der Waals surface area contributed by atoms with Crippen LogP contribution in [-0.2, 0) is 24.4 Å². The van der Waals surface area contributed by atoms with E-state index in [0.29, 0.717) is 18.7 Å². The lowest BCUT2D eigenvalue weighted by atomic mass is 10.2. The number of hydrogen-bond acceptors (Lipinski definition) is 4. The molecule has 0 atom stereocenters. The molecule has 0 saturated carbocycles. The Bertz CT molecular complexity index is 631. The van der Waals surface area contributed by atoms with Gasteiger partial charge in [-0.1, -0.05) is 0 Å². The molecule has 6 heteroatoms. The van der Waals surface area contributed by atoms with Gasteiger partial charge in [-0.2, -0.15) is 0 Å². The highest BCUT2D eigenvalue weighted by Gasteiger charge is 2.23. The summed E-state index contributed by atoms with van der Waals surface area (Å²) in [5, 5.41) is 0. The maximum atomic E-state index is 12.5. The minimum absolute atomic E-state index is 0.000807. The fourth-order valence-electron chi connectivity index (χ4n) is 2.62. The van der Waals surface area contributed by atoms with Crippen LogP contribution < -0.4 is 0 Å². The Morgan fingerprint density at radius 1 is 1.45 bits per heavy atom. The van der Waals surface area contributed by atoms with Crippen LogP contribution >= 0.6 is 0 Å². The van der Waals surface area contributed by atoms with Crippen LogP contribution in [0.3, 0.4) is 0 Å². The smallest absolute Gasteiger partial charge is 0.257 e. The van der Waals surface area contributed by atoms with E-state index in [2.05, 4.69) is 9.55 Å². The summed E-state index contributed by atoms with van der Waals surface area (Å²) < 4.78 is 12.8. The number of imidazole rings is 1. The Labute approximate surface area is 129 Å². The van der Waals surface area contributed by atoms with E-state index in [1.165, 1.54) is 12.5 Å². The van der Waals surface area contributed by atoms with Crippen LogP contribution in [0.4, 0.5) is 0 Å². The summed E-state index contributed by atoms with van der Waals surface area (Å²) in [6, 6.07) is 1.70. The normalized spacial score (nSPS) is 15.0. The molecule has 22 heavy (non-hydrogen) atoms. The zero-order valence-electron chi connectivity index (χ0n) is 13.0. The minimum atomic E-state index is -0.000807. The second-order valence-corrected chi connectivity index (χ2v) is 5.78. The molecule has 1 amide bonds. The number of carbonyl (C=O) groups is 1. The van der Waals surface area contributed by atoms with Crippen molar-refractivity contribution < 1.29 is 13.9 Å². The van der Waals surface area contributed by atoms with Gasteiger partial charge < -0.3 is 18.6 Å². The predicted octanol–water partition coefficient (Wildman–Crippen LogP) is 2.45. The largest absolute Gasteiger partial charge is 0.472 e. The molecular weight excluding hydrogens is 282 g/mol. The average molecular weight is 303 g/mol. The lowest BCUT2D eigenvalue weighted by Crippen LogP contribution is -2.30. The summed E-state index contributed by atoms with van der Waals surface area (Å²) in [6.45, 7) is 6.65. The Kier molecular flexibility index (Phi) is 4.29. The molecule has 0 aromatic carbocycles. The Hall–Kier alpha value is -2.08. The number of furan rings is 1. The van der Waals surface area contributed by atoms with Crippen molar-refractivity contribution in [3.8, 4) is 0 Å². The van der Waals surface area contributed by atoms with Crippen molar-refractivity contribution in [1.29, 1.82) is 0 Å². The van der Waals surface area contributed by atoms with E-state index < -0.39 is 0 Å². The molecule has 1 aliphatic heterocycles. The van der Waals surface area contributed by atoms with Crippen LogP contribution in [0.5, 0.6) is 0 Å². The van der Waals surface area contributed by atoms with E-state index >= 15 is 0 Å². The minimum Gasteiger partial charge on any atom is -0.472 e. The zero-order chi connectivity index (χ0) is 15.5. The lowest BCUT2D eigenvalue weighted by Gasteiger charge is -2.20. The summed E-state index contributed by atoms with van der Waals surface area (Å²) in [4.78, 5) is 18.8. The van der Waals surface area contributed by atoms with E-state index in [0.717, 1.165) is 30.9 Å². The summed E-state index contributed by atoms with van der Waals surface area (Å²) in [5.41, 5.74) is 2.57. The van der Waals surface area contributed by atoms with Crippen molar-refractivity contribution >= 4 is 5.91 Å². The van der Waals surface area contributed by atoms with Crippen molar-refractivity contribution in [3.63, 3.8) is 0 Å². The van der Waals surface area contributed by atoms with Crippen molar-refractivity contribution in [2.24, 2.45) is 0 Å². The van der Waals surface area contributed by atoms with Gasteiger partial charge in [-0.05, 0) is 26.3 Å². The first-order valence-electron chi connectivity index (χ1n) is 7.61. The Morgan fingerprint density at radius 2 is 2.32 bits per heavy atom. The van der Waals surface area contributed by atoms with Gasteiger partial charge in [-0.25, -0.2) is 4.98 Å². The Morgan fingerprint density at radius 3 is 3.05 bits per heavy atom. The molecule has 0 radical (unpaired) electrons. The third-order valence-electron chi connectivity index (χ3n) is 3.81. The molecule has 0 unspecified atom stereocenters. The lowest BCUT2D eigenvalue weighted by molar-refractivity contribution is 0.0620. The van der Waals surface area contributed by atoms with Gasteiger partial charge >= 0.3 is 0 Å². The number of fused-ring (bicyclic) bond motifs is 1. The van der Waals surface area contributed by atoms with E-state index in [4.69, 9.17) is 9.15 Å². The summed E-state index contributed by atoms with van der Waals surface area (Å²) in [5.74, 6) is -0.000807. The second kappa shape index (κ2) is 6.36. The fourth-order valence-corrected chi connectivity index (χ4v) is 2.62. The zero-order valence-corrected chi connectivity index (χ0v) is 13.0. The van der Waals surface area contributed by atoms with Gasteiger partial charge in [0.2, 0.25) is 0 Å². The molecule has 6 nitrogen and oxygen atoms in total. The summed E-state index contributed by atoms with van der Waals surface area (Å²) in [6.07, 6.45) is 5.94. The van der Waals surface area contributed by atoms with E-state index in [9.17, 15) is 4.79 Å². The first kappa shape index (κ1) is 14.8. The summed E-state index contributed by atoms with van der Waals surface area (Å²) >= 11 is 0. The standard InChI is InChI=1S/C16H21N3O3/c1-12(2)22-10-14-15-8-18(5-3-6-19(15)11-17-14)16(20)13-4-7-21-9-13/h4,7,9,11-12H,3,5-6,8,10H2,1-2H3. The van der Waals surface area contributed by atoms with Gasteiger partial charge in [0.1, 0.15) is 6.26 Å². The molecular formula is C16H21N3O3. The molecule has 1 aliphatic rings. The first-order valence-corrected chi connectivity index (χ1v) is 7.61. The highest BCUT2D eigenvalue weighted by atomic mass is 16.5. The number of hydrogen-bond donors (Lipinski definition) is 0. The Balaban J connectivity index is 1.79. The van der Waals surface area contributed by atoms with Gasteiger partial charge in [0, 0.05) is 13.1 Å². The van der Waals surface area contributed by atoms with E-state index in [1.807, 2.05) is 25.1 Å². The molecule has 0 aliphatic carbocycles. The molecule has 2 aromatic rings. The first-order chi connectivity index (χ1) is 10.6. The van der Waals surface area contributed by atoms with E-state index in [1.54, 1.807) is 6.07 Å². The van der Waals surface area contributed by atoms with Gasteiger partial charge in [0.25, 0.3) is 5.91 Å². The highest BCUT2D eigenvalue weighted by Crippen LogP contribution is 2.19. The SMILES string of the molecule is CC(C)OCc1ncn2c1CN(C(=O)c1ccoc1)CCC2. The van der Waals surface area contributed by atoms with Crippen LogP contribution in [-0.4, -0.2) is 33.0 Å². The maximum Gasteiger partial charge on any atom is 0.257 e.